The van der Waals surface area contributed by atoms with Gasteiger partial charge in [0, 0.05) is 12.8 Å². The van der Waals surface area contributed by atoms with Crippen molar-refractivity contribution >= 4 is 11.9 Å². The van der Waals surface area contributed by atoms with Gasteiger partial charge in [-0.15, -0.1) is 0 Å². The first-order valence-corrected chi connectivity index (χ1v) is 5.53. The number of carbonyl (C=O) groups excluding carboxylic acids is 1. The lowest BCUT2D eigenvalue weighted by molar-refractivity contribution is -0.158. The fourth-order valence-corrected chi connectivity index (χ4v) is 1.63. The molecule has 1 fully saturated rings. The maximum Gasteiger partial charge on any atom is 0.306 e. The number of carboxylic acid groups (broad SMARTS) is 1. The molecule has 88 valence electrons. The lowest BCUT2D eigenvalue weighted by Crippen LogP contribution is -2.30. The number of hydrogen-bond acceptors (Lipinski definition) is 3. The summed E-state index contributed by atoms with van der Waals surface area (Å²) in [6, 6.07) is 0. The first kappa shape index (κ1) is 13.9. The smallest absolute Gasteiger partial charge is 0.306 e. The molecule has 0 spiro atoms. The molecule has 0 aromatic carbocycles. The zero-order valence-electron chi connectivity index (χ0n) is 9.66. The molecule has 2 atom stereocenters. The number of cyclic esters (lactones) is 1. The highest BCUT2D eigenvalue weighted by atomic mass is 16.5. The molecule has 0 bridgehead atoms. The lowest BCUT2D eigenvalue weighted by atomic mass is 9.91. The summed E-state index contributed by atoms with van der Waals surface area (Å²) in [6.45, 7) is 5.93. The van der Waals surface area contributed by atoms with E-state index in [9.17, 15) is 9.59 Å². The molecule has 0 radical (unpaired) electrons. The maximum atomic E-state index is 11.0. The number of carbonyl (C=O) groups is 2. The van der Waals surface area contributed by atoms with E-state index in [0.717, 1.165) is 6.42 Å². The Bertz CT molecular complexity index is 211. The second-order valence-electron chi connectivity index (χ2n) is 3.42. The topological polar surface area (TPSA) is 63.6 Å². The standard InChI is InChI=1S/C9H14O4.C2H6/c1-2-7-3-6(4-8(10)11)5-9(12)13-7;1-2/h6-7H,2-5H2,1H3,(H,10,11);1-2H3. The number of aliphatic carboxylic acids is 1. The van der Waals surface area contributed by atoms with Crippen molar-refractivity contribution in [1.29, 1.82) is 0 Å². The van der Waals surface area contributed by atoms with Gasteiger partial charge in [-0.1, -0.05) is 20.8 Å². The van der Waals surface area contributed by atoms with Gasteiger partial charge in [-0.3, -0.25) is 9.59 Å². The van der Waals surface area contributed by atoms with Gasteiger partial charge < -0.3 is 9.84 Å². The number of rotatable bonds is 3. The van der Waals surface area contributed by atoms with Crippen LogP contribution < -0.4 is 0 Å². The highest BCUT2D eigenvalue weighted by molar-refractivity contribution is 5.73. The Balaban J connectivity index is 0.000000921. The van der Waals surface area contributed by atoms with Crippen LogP contribution in [-0.4, -0.2) is 23.1 Å². The van der Waals surface area contributed by atoms with E-state index in [-0.39, 0.29) is 30.8 Å². The molecule has 0 aromatic heterocycles. The van der Waals surface area contributed by atoms with Crippen molar-refractivity contribution in [3.63, 3.8) is 0 Å². The first-order chi connectivity index (χ1) is 7.11. The van der Waals surface area contributed by atoms with Crippen molar-refractivity contribution in [1.82, 2.24) is 0 Å². The third kappa shape index (κ3) is 5.40. The van der Waals surface area contributed by atoms with Crippen molar-refractivity contribution < 1.29 is 19.4 Å². The van der Waals surface area contributed by atoms with Crippen molar-refractivity contribution in [3.05, 3.63) is 0 Å². The Morgan fingerprint density at radius 1 is 1.53 bits per heavy atom. The van der Waals surface area contributed by atoms with E-state index < -0.39 is 5.97 Å². The fourth-order valence-electron chi connectivity index (χ4n) is 1.63. The quantitative estimate of drug-likeness (QED) is 0.735. The molecule has 1 N–H and O–H groups in total. The van der Waals surface area contributed by atoms with E-state index in [2.05, 4.69) is 0 Å². The predicted molar refractivity (Wildman–Crippen MR) is 56.5 cm³/mol. The van der Waals surface area contributed by atoms with E-state index >= 15 is 0 Å². The van der Waals surface area contributed by atoms with Crippen molar-refractivity contribution in [2.75, 3.05) is 0 Å². The third-order valence-electron chi connectivity index (χ3n) is 2.27. The molecule has 2 unspecified atom stereocenters. The molecule has 0 aliphatic carbocycles. The molecular weight excluding hydrogens is 196 g/mol. The molecule has 4 nitrogen and oxygen atoms in total. The molecule has 0 amide bonds. The van der Waals surface area contributed by atoms with Crippen LogP contribution in [0.15, 0.2) is 0 Å². The number of hydrogen-bond donors (Lipinski definition) is 1. The Labute approximate surface area is 90.6 Å². The summed E-state index contributed by atoms with van der Waals surface area (Å²) in [5, 5.41) is 8.56. The minimum Gasteiger partial charge on any atom is -0.481 e. The van der Waals surface area contributed by atoms with E-state index in [1.165, 1.54) is 0 Å². The van der Waals surface area contributed by atoms with Crippen LogP contribution in [0.2, 0.25) is 0 Å². The zero-order chi connectivity index (χ0) is 11.8. The van der Waals surface area contributed by atoms with Gasteiger partial charge in [0.2, 0.25) is 0 Å². The molecular formula is C11H20O4. The van der Waals surface area contributed by atoms with E-state index in [0.29, 0.717) is 6.42 Å². The molecule has 0 aromatic rings. The third-order valence-corrected chi connectivity index (χ3v) is 2.27. The second-order valence-corrected chi connectivity index (χ2v) is 3.42. The molecule has 0 saturated carbocycles. The largest absolute Gasteiger partial charge is 0.481 e. The Morgan fingerprint density at radius 3 is 2.60 bits per heavy atom. The van der Waals surface area contributed by atoms with Crippen LogP contribution in [0, 0.1) is 5.92 Å². The average molecular weight is 216 g/mol. The Morgan fingerprint density at radius 2 is 2.13 bits per heavy atom. The minimum atomic E-state index is -0.838. The molecule has 1 saturated heterocycles. The van der Waals surface area contributed by atoms with E-state index in [4.69, 9.17) is 9.84 Å². The fraction of sp³-hybridized carbons (Fsp3) is 0.818. The van der Waals surface area contributed by atoms with Crippen LogP contribution >= 0.6 is 0 Å². The zero-order valence-corrected chi connectivity index (χ0v) is 9.66. The lowest BCUT2D eigenvalue weighted by Gasteiger charge is -2.27. The normalized spacial score (nSPS) is 24.9. The van der Waals surface area contributed by atoms with Crippen LogP contribution in [0.25, 0.3) is 0 Å². The molecule has 1 aliphatic heterocycles. The van der Waals surface area contributed by atoms with Crippen LogP contribution in [0.5, 0.6) is 0 Å². The molecule has 1 aliphatic rings. The highest BCUT2D eigenvalue weighted by Crippen LogP contribution is 2.25. The number of carboxylic acids is 1. The highest BCUT2D eigenvalue weighted by Gasteiger charge is 2.28. The van der Waals surface area contributed by atoms with Gasteiger partial charge in [0.15, 0.2) is 0 Å². The summed E-state index contributed by atoms with van der Waals surface area (Å²) in [6.07, 6.45) is 1.70. The minimum absolute atomic E-state index is 0.0382. The van der Waals surface area contributed by atoms with Crippen LogP contribution in [0.1, 0.15) is 46.5 Å². The Kier molecular flexibility index (Phi) is 6.75. The van der Waals surface area contributed by atoms with Crippen LogP contribution in [0.3, 0.4) is 0 Å². The SMILES string of the molecule is CC.CCC1CC(CC(=O)O)CC(=O)O1. The van der Waals surface area contributed by atoms with Gasteiger partial charge in [-0.2, -0.15) is 0 Å². The van der Waals surface area contributed by atoms with Gasteiger partial charge in [0.1, 0.15) is 6.10 Å². The molecule has 1 heterocycles. The summed E-state index contributed by atoms with van der Waals surface area (Å²) >= 11 is 0. The van der Waals surface area contributed by atoms with Gasteiger partial charge in [0.25, 0.3) is 0 Å². The number of esters is 1. The molecule has 15 heavy (non-hydrogen) atoms. The van der Waals surface area contributed by atoms with Gasteiger partial charge in [-0.05, 0) is 18.8 Å². The average Bonchev–Trinajstić information content (AvgIpc) is 2.18. The Hall–Kier alpha value is -1.06. The summed E-state index contributed by atoms with van der Waals surface area (Å²) in [7, 11) is 0. The monoisotopic (exact) mass is 216 g/mol. The summed E-state index contributed by atoms with van der Waals surface area (Å²) in [5.41, 5.74) is 0. The van der Waals surface area contributed by atoms with Gasteiger partial charge in [-0.25, -0.2) is 0 Å². The van der Waals surface area contributed by atoms with Gasteiger partial charge >= 0.3 is 11.9 Å². The molecule has 4 heteroatoms. The summed E-state index contributed by atoms with van der Waals surface area (Å²) in [4.78, 5) is 21.4. The van der Waals surface area contributed by atoms with Crippen LogP contribution in [0.4, 0.5) is 0 Å². The van der Waals surface area contributed by atoms with Crippen LogP contribution in [-0.2, 0) is 14.3 Å². The molecule has 1 rings (SSSR count). The van der Waals surface area contributed by atoms with Crippen molar-refractivity contribution in [2.45, 2.75) is 52.6 Å². The van der Waals surface area contributed by atoms with E-state index in [1.807, 2.05) is 20.8 Å². The predicted octanol–water partition coefficient (Wildman–Crippen LogP) is 2.22. The van der Waals surface area contributed by atoms with E-state index in [1.54, 1.807) is 0 Å². The maximum absolute atomic E-state index is 11.0. The summed E-state index contributed by atoms with van der Waals surface area (Å²) in [5.74, 6) is -1.14. The van der Waals surface area contributed by atoms with Gasteiger partial charge in [0.05, 0.1) is 0 Å². The van der Waals surface area contributed by atoms with Crippen molar-refractivity contribution in [3.8, 4) is 0 Å². The summed E-state index contributed by atoms with van der Waals surface area (Å²) < 4.78 is 5.02. The second kappa shape index (κ2) is 7.26. The number of ether oxygens (including phenoxy) is 1. The van der Waals surface area contributed by atoms with Crippen molar-refractivity contribution in [2.24, 2.45) is 5.92 Å². The first-order valence-electron chi connectivity index (χ1n) is 5.53.